The van der Waals surface area contributed by atoms with Crippen LogP contribution >= 0.6 is 0 Å². The quantitative estimate of drug-likeness (QED) is 0.881. The fraction of sp³-hybridized carbons (Fsp3) is 0.500. The maximum absolute atomic E-state index is 11.9. The Bertz CT molecular complexity index is 492. The molecule has 1 aliphatic carbocycles. The summed E-state index contributed by atoms with van der Waals surface area (Å²) in [5.74, 6) is 0.531. The van der Waals surface area contributed by atoms with Gasteiger partial charge in [0.05, 0.1) is 5.75 Å². The van der Waals surface area contributed by atoms with Crippen molar-refractivity contribution in [2.75, 3.05) is 5.75 Å². The number of para-hydroxylation sites is 1. The Morgan fingerprint density at radius 3 is 2.59 bits per heavy atom. The highest BCUT2D eigenvalue weighted by Crippen LogP contribution is 2.30. The first-order valence-electron chi connectivity index (χ1n) is 5.77. The minimum absolute atomic E-state index is 0.0539. The highest BCUT2D eigenvalue weighted by atomic mass is 32.2. The number of rotatable bonds is 4. The van der Waals surface area contributed by atoms with Gasteiger partial charge in [-0.15, -0.1) is 0 Å². The van der Waals surface area contributed by atoms with Crippen molar-refractivity contribution in [2.24, 2.45) is 5.73 Å². The van der Waals surface area contributed by atoms with Crippen molar-refractivity contribution in [3.05, 3.63) is 24.3 Å². The van der Waals surface area contributed by atoms with Crippen LogP contribution in [0.2, 0.25) is 0 Å². The van der Waals surface area contributed by atoms with Gasteiger partial charge in [-0.3, -0.25) is 0 Å². The number of ether oxygens (including phenoxy) is 1. The minimum Gasteiger partial charge on any atom is -0.489 e. The van der Waals surface area contributed by atoms with Gasteiger partial charge in [-0.2, -0.15) is 0 Å². The summed E-state index contributed by atoms with van der Waals surface area (Å²) in [7, 11) is -3.23. The predicted molar refractivity (Wildman–Crippen MR) is 65.8 cm³/mol. The molecule has 2 N–H and O–H groups in total. The number of hydrogen-bond donors (Lipinski definition) is 1. The molecule has 0 unspecified atom stereocenters. The maximum atomic E-state index is 11.9. The standard InChI is InChI=1S/C12H17NO3S/c1-2-17(14,15)12-6-4-3-5-11(12)16-10-7-9(13)8-10/h3-6,9-10H,2,7-8,13H2,1H3. The highest BCUT2D eigenvalue weighted by molar-refractivity contribution is 7.91. The molecule has 1 aliphatic rings. The van der Waals surface area contributed by atoms with Gasteiger partial charge in [0.2, 0.25) is 0 Å². The van der Waals surface area contributed by atoms with Crippen LogP contribution in [-0.2, 0) is 9.84 Å². The SMILES string of the molecule is CCS(=O)(=O)c1ccccc1OC1CC(N)C1. The molecule has 17 heavy (non-hydrogen) atoms. The van der Waals surface area contributed by atoms with Crippen molar-refractivity contribution < 1.29 is 13.2 Å². The van der Waals surface area contributed by atoms with Crippen LogP contribution < -0.4 is 10.5 Å². The second-order valence-electron chi connectivity index (χ2n) is 4.32. The Morgan fingerprint density at radius 2 is 2.00 bits per heavy atom. The highest BCUT2D eigenvalue weighted by Gasteiger charge is 2.29. The van der Waals surface area contributed by atoms with E-state index in [9.17, 15) is 8.42 Å². The second kappa shape index (κ2) is 4.66. The summed E-state index contributed by atoms with van der Waals surface area (Å²) < 4.78 is 29.4. The summed E-state index contributed by atoms with van der Waals surface area (Å²) in [5, 5.41) is 0. The lowest BCUT2D eigenvalue weighted by atomic mass is 9.90. The molecule has 5 heteroatoms. The topological polar surface area (TPSA) is 69.4 Å². The van der Waals surface area contributed by atoms with E-state index in [1.807, 2.05) is 0 Å². The first kappa shape index (κ1) is 12.4. The van der Waals surface area contributed by atoms with Crippen molar-refractivity contribution in [2.45, 2.75) is 36.8 Å². The lowest BCUT2D eigenvalue weighted by Crippen LogP contribution is -2.43. The molecule has 1 fully saturated rings. The van der Waals surface area contributed by atoms with E-state index in [1.165, 1.54) is 0 Å². The van der Waals surface area contributed by atoms with Crippen LogP contribution in [0.3, 0.4) is 0 Å². The predicted octanol–water partition coefficient (Wildman–Crippen LogP) is 1.35. The second-order valence-corrected chi connectivity index (χ2v) is 6.57. The Kier molecular flexibility index (Phi) is 3.40. The van der Waals surface area contributed by atoms with Gasteiger partial charge in [-0.1, -0.05) is 19.1 Å². The van der Waals surface area contributed by atoms with E-state index in [2.05, 4.69) is 0 Å². The van der Waals surface area contributed by atoms with Crippen molar-refractivity contribution in [1.82, 2.24) is 0 Å². The largest absolute Gasteiger partial charge is 0.489 e. The molecule has 0 bridgehead atoms. The zero-order valence-corrected chi connectivity index (χ0v) is 10.6. The summed E-state index contributed by atoms with van der Waals surface area (Å²) in [6.45, 7) is 1.63. The van der Waals surface area contributed by atoms with E-state index in [4.69, 9.17) is 10.5 Å². The Morgan fingerprint density at radius 1 is 1.35 bits per heavy atom. The van der Waals surface area contributed by atoms with Crippen molar-refractivity contribution in [3.8, 4) is 5.75 Å². The van der Waals surface area contributed by atoms with E-state index in [-0.39, 0.29) is 22.8 Å². The van der Waals surface area contributed by atoms with E-state index in [1.54, 1.807) is 31.2 Å². The van der Waals surface area contributed by atoms with E-state index in [0.29, 0.717) is 5.75 Å². The van der Waals surface area contributed by atoms with Gasteiger partial charge in [-0.25, -0.2) is 8.42 Å². The Balaban J connectivity index is 2.22. The van der Waals surface area contributed by atoms with Crippen molar-refractivity contribution in [3.63, 3.8) is 0 Å². The third kappa shape index (κ3) is 2.61. The summed E-state index contributed by atoms with van der Waals surface area (Å²) in [4.78, 5) is 0.281. The van der Waals surface area contributed by atoms with Gasteiger partial charge < -0.3 is 10.5 Å². The molecule has 4 nitrogen and oxygen atoms in total. The molecule has 94 valence electrons. The van der Waals surface area contributed by atoms with Crippen LogP contribution in [-0.4, -0.2) is 26.3 Å². The smallest absolute Gasteiger partial charge is 0.181 e. The summed E-state index contributed by atoms with van der Waals surface area (Å²) in [5.41, 5.74) is 5.67. The molecule has 1 aromatic carbocycles. The fourth-order valence-electron chi connectivity index (χ4n) is 1.84. The summed E-state index contributed by atoms with van der Waals surface area (Å²) in [6, 6.07) is 6.97. The van der Waals surface area contributed by atoms with Gasteiger partial charge in [0.15, 0.2) is 9.84 Å². The zero-order chi connectivity index (χ0) is 12.5. The fourth-order valence-corrected chi connectivity index (χ4v) is 2.86. The van der Waals surface area contributed by atoms with Crippen LogP contribution in [0, 0.1) is 0 Å². The van der Waals surface area contributed by atoms with Crippen molar-refractivity contribution in [1.29, 1.82) is 0 Å². The molecule has 0 atom stereocenters. The van der Waals surface area contributed by atoms with Gasteiger partial charge >= 0.3 is 0 Å². The van der Waals surface area contributed by atoms with E-state index >= 15 is 0 Å². The summed E-state index contributed by atoms with van der Waals surface area (Å²) in [6.07, 6.45) is 1.64. The zero-order valence-electron chi connectivity index (χ0n) is 9.80. The Labute approximate surface area is 102 Å². The third-order valence-electron chi connectivity index (χ3n) is 2.99. The normalized spacial score (nSPS) is 24.1. The van der Waals surface area contributed by atoms with Crippen LogP contribution in [0.1, 0.15) is 19.8 Å². The molecular weight excluding hydrogens is 238 g/mol. The third-order valence-corrected chi connectivity index (χ3v) is 4.76. The lowest BCUT2D eigenvalue weighted by molar-refractivity contribution is 0.0976. The average Bonchev–Trinajstić information content (AvgIpc) is 2.27. The maximum Gasteiger partial charge on any atom is 0.181 e. The molecule has 1 saturated carbocycles. The molecule has 0 aromatic heterocycles. The van der Waals surface area contributed by atoms with Crippen LogP contribution in [0.4, 0.5) is 0 Å². The number of hydrogen-bond acceptors (Lipinski definition) is 4. The first-order chi connectivity index (χ1) is 8.03. The van der Waals surface area contributed by atoms with Crippen molar-refractivity contribution >= 4 is 9.84 Å². The van der Waals surface area contributed by atoms with Gasteiger partial charge in [0.1, 0.15) is 16.7 Å². The van der Waals surface area contributed by atoms with E-state index < -0.39 is 9.84 Å². The molecule has 0 spiro atoms. The molecule has 0 aliphatic heterocycles. The van der Waals surface area contributed by atoms with Crippen LogP contribution in [0.25, 0.3) is 0 Å². The van der Waals surface area contributed by atoms with Crippen LogP contribution in [0.5, 0.6) is 5.75 Å². The first-order valence-corrected chi connectivity index (χ1v) is 7.42. The summed E-state index contributed by atoms with van der Waals surface area (Å²) >= 11 is 0. The molecule has 0 amide bonds. The Hall–Kier alpha value is -1.07. The minimum atomic E-state index is -3.23. The monoisotopic (exact) mass is 255 g/mol. The molecule has 0 saturated heterocycles. The lowest BCUT2D eigenvalue weighted by Gasteiger charge is -2.33. The average molecular weight is 255 g/mol. The van der Waals surface area contributed by atoms with Gasteiger partial charge in [0.25, 0.3) is 0 Å². The molecular formula is C12H17NO3S. The number of sulfone groups is 1. The molecule has 0 heterocycles. The molecule has 0 radical (unpaired) electrons. The van der Waals surface area contributed by atoms with E-state index in [0.717, 1.165) is 12.8 Å². The van der Waals surface area contributed by atoms with Gasteiger partial charge in [0, 0.05) is 6.04 Å². The molecule has 2 rings (SSSR count). The van der Waals surface area contributed by atoms with Crippen LogP contribution in [0.15, 0.2) is 29.2 Å². The van der Waals surface area contributed by atoms with Gasteiger partial charge in [-0.05, 0) is 25.0 Å². The number of nitrogens with two attached hydrogens (primary N) is 1. The molecule has 1 aromatic rings. The number of benzene rings is 1.